The van der Waals surface area contributed by atoms with Gasteiger partial charge in [0, 0.05) is 22.9 Å². The minimum absolute atomic E-state index is 0.231. The van der Waals surface area contributed by atoms with Gasteiger partial charge in [-0.15, -0.1) is 11.3 Å². The molecule has 1 atom stereocenters. The SMILES string of the molecule is NC(Cc1ccc(Br)s1)c1ccccc1F. The number of thiophene rings is 1. The van der Waals surface area contributed by atoms with Gasteiger partial charge in [-0.2, -0.15) is 0 Å². The van der Waals surface area contributed by atoms with Crippen LogP contribution in [0.4, 0.5) is 4.39 Å². The Morgan fingerprint density at radius 3 is 2.62 bits per heavy atom. The molecule has 2 rings (SSSR count). The summed E-state index contributed by atoms with van der Waals surface area (Å²) in [5.74, 6) is -0.231. The first-order valence-corrected chi connectivity index (χ1v) is 6.52. The van der Waals surface area contributed by atoms with Crippen LogP contribution in [0.25, 0.3) is 0 Å². The van der Waals surface area contributed by atoms with E-state index < -0.39 is 0 Å². The summed E-state index contributed by atoms with van der Waals surface area (Å²) in [5, 5.41) is 0. The average Bonchev–Trinajstić information content (AvgIpc) is 2.64. The highest BCUT2D eigenvalue weighted by atomic mass is 79.9. The maximum atomic E-state index is 13.5. The molecule has 16 heavy (non-hydrogen) atoms. The molecule has 0 radical (unpaired) electrons. The number of hydrogen-bond donors (Lipinski definition) is 1. The van der Waals surface area contributed by atoms with Crippen LogP contribution in [0.5, 0.6) is 0 Å². The zero-order chi connectivity index (χ0) is 11.5. The fourth-order valence-electron chi connectivity index (χ4n) is 1.56. The molecule has 0 amide bonds. The molecule has 0 fully saturated rings. The fourth-order valence-corrected chi connectivity index (χ4v) is 3.11. The van der Waals surface area contributed by atoms with Crippen molar-refractivity contribution >= 4 is 27.3 Å². The number of nitrogens with two attached hydrogens (primary N) is 1. The molecule has 0 bridgehead atoms. The Hall–Kier alpha value is -0.710. The summed E-state index contributed by atoms with van der Waals surface area (Å²) in [4.78, 5) is 1.16. The highest BCUT2D eigenvalue weighted by Gasteiger charge is 2.12. The maximum absolute atomic E-state index is 13.5. The van der Waals surface area contributed by atoms with E-state index in [1.807, 2.05) is 18.2 Å². The highest BCUT2D eigenvalue weighted by molar-refractivity contribution is 9.11. The van der Waals surface area contributed by atoms with Crippen molar-refractivity contribution in [3.8, 4) is 0 Å². The smallest absolute Gasteiger partial charge is 0.127 e. The summed E-state index contributed by atoms with van der Waals surface area (Å²) in [6, 6.07) is 10.4. The van der Waals surface area contributed by atoms with Gasteiger partial charge in [-0.3, -0.25) is 0 Å². The van der Waals surface area contributed by atoms with Gasteiger partial charge in [0.25, 0.3) is 0 Å². The van der Waals surface area contributed by atoms with Gasteiger partial charge in [-0.25, -0.2) is 4.39 Å². The van der Waals surface area contributed by atoms with Crippen molar-refractivity contribution in [1.82, 2.24) is 0 Å². The summed E-state index contributed by atoms with van der Waals surface area (Å²) in [6.45, 7) is 0. The Kier molecular flexibility index (Phi) is 3.74. The molecular weight excluding hydrogens is 289 g/mol. The van der Waals surface area contributed by atoms with Gasteiger partial charge >= 0.3 is 0 Å². The molecule has 2 N–H and O–H groups in total. The van der Waals surface area contributed by atoms with Gasteiger partial charge < -0.3 is 5.73 Å². The first-order valence-electron chi connectivity index (χ1n) is 4.91. The van der Waals surface area contributed by atoms with Crippen molar-refractivity contribution in [2.24, 2.45) is 5.73 Å². The van der Waals surface area contributed by atoms with E-state index in [4.69, 9.17) is 5.73 Å². The van der Waals surface area contributed by atoms with Gasteiger partial charge in [0.05, 0.1) is 3.79 Å². The van der Waals surface area contributed by atoms with E-state index in [1.165, 1.54) is 6.07 Å². The third kappa shape index (κ3) is 2.70. The summed E-state index contributed by atoms with van der Waals surface area (Å²) in [7, 11) is 0. The lowest BCUT2D eigenvalue weighted by Gasteiger charge is -2.11. The molecule has 0 saturated carbocycles. The van der Waals surface area contributed by atoms with Gasteiger partial charge in [0.1, 0.15) is 5.82 Å². The van der Waals surface area contributed by atoms with Gasteiger partial charge in [0.15, 0.2) is 0 Å². The molecule has 1 unspecified atom stereocenters. The van der Waals surface area contributed by atoms with Crippen molar-refractivity contribution < 1.29 is 4.39 Å². The van der Waals surface area contributed by atoms with Crippen molar-refractivity contribution in [1.29, 1.82) is 0 Å². The van der Waals surface area contributed by atoms with Crippen molar-refractivity contribution in [3.63, 3.8) is 0 Å². The molecule has 2 aromatic rings. The van der Waals surface area contributed by atoms with Crippen LogP contribution in [-0.2, 0) is 6.42 Å². The molecule has 84 valence electrons. The Balaban J connectivity index is 2.14. The maximum Gasteiger partial charge on any atom is 0.127 e. The van der Waals surface area contributed by atoms with Crippen molar-refractivity contribution in [2.45, 2.75) is 12.5 Å². The molecule has 1 heterocycles. The predicted molar refractivity (Wildman–Crippen MR) is 69.1 cm³/mol. The Morgan fingerprint density at radius 1 is 1.25 bits per heavy atom. The van der Waals surface area contributed by atoms with Crippen LogP contribution in [0.1, 0.15) is 16.5 Å². The van der Waals surface area contributed by atoms with Gasteiger partial charge in [-0.1, -0.05) is 18.2 Å². The van der Waals surface area contributed by atoms with Crippen LogP contribution >= 0.6 is 27.3 Å². The average molecular weight is 300 g/mol. The lowest BCUT2D eigenvalue weighted by molar-refractivity contribution is 0.581. The van der Waals surface area contributed by atoms with Gasteiger partial charge in [-0.05, 0) is 34.1 Å². The molecule has 1 aromatic heterocycles. The third-order valence-corrected chi connectivity index (χ3v) is 4.00. The number of halogens is 2. The van der Waals surface area contributed by atoms with Crippen LogP contribution in [0, 0.1) is 5.82 Å². The summed E-state index contributed by atoms with van der Waals surface area (Å²) in [5.41, 5.74) is 6.56. The quantitative estimate of drug-likeness (QED) is 0.914. The molecule has 1 nitrogen and oxygen atoms in total. The van der Waals surface area contributed by atoms with E-state index in [0.29, 0.717) is 12.0 Å². The Labute approximate surface area is 106 Å². The van der Waals surface area contributed by atoms with E-state index in [0.717, 1.165) is 8.66 Å². The fraction of sp³-hybridized carbons (Fsp3) is 0.167. The minimum Gasteiger partial charge on any atom is -0.324 e. The second-order valence-electron chi connectivity index (χ2n) is 3.54. The van der Waals surface area contributed by atoms with Crippen LogP contribution < -0.4 is 5.73 Å². The van der Waals surface area contributed by atoms with E-state index in [1.54, 1.807) is 23.5 Å². The molecule has 0 spiro atoms. The van der Waals surface area contributed by atoms with Crippen molar-refractivity contribution in [2.75, 3.05) is 0 Å². The third-order valence-electron chi connectivity index (χ3n) is 2.35. The number of rotatable bonds is 3. The minimum atomic E-state index is -0.285. The second-order valence-corrected chi connectivity index (χ2v) is 6.09. The summed E-state index contributed by atoms with van der Waals surface area (Å²) >= 11 is 5.03. The second kappa shape index (κ2) is 5.08. The lowest BCUT2D eigenvalue weighted by atomic mass is 10.0. The molecule has 1 aromatic carbocycles. The lowest BCUT2D eigenvalue weighted by Crippen LogP contribution is -2.14. The van der Waals surface area contributed by atoms with Crippen LogP contribution in [-0.4, -0.2) is 0 Å². The zero-order valence-electron chi connectivity index (χ0n) is 8.49. The predicted octanol–water partition coefficient (Wildman–Crippen LogP) is 3.89. The molecular formula is C12H11BrFNS. The highest BCUT2D eigenvalue weighted by Crippen LogP contribution is 2.26. The normalized spacial score (nSPS) is 12.7. The van der Waals surface area contributed by atoms with Crippen molar-refractivity contribution in [3.05, 3.63) is 56.4 Å². The molecule has 0 aliphatic heterocycles. The Bertz CT molecular complexity index is 483. The van der Waals surface area contributed by atoms with Crippen LogP contribution in [0.3, 0.4) is 0 Å². The molecule has 0 saturated heterocycles. The largest absolute Gasteiger partial charge is 0.324 e. The first kappa shape index (κ1) is 11.8. The molecule has 0 aliphatic carbocycles. The van der Waals surface area contributed by atoms with E-state index in [2.05, 4.69) is 15.9 Å². The standard InChI is InChI=1S/C12H11BrFNS/c13-12-6-5-8(16-12)7-11(15)9-3-1-2-4-10(9)14/h1-6,11H,7,15H2. The number of benzene rings is 1. The van der Waals surface area contributed by atoms with E-state index in [-0.39, 0.29) is 11.9 Å². The number of hydrogen-bond acceptors (Lipinski definition) is 2. The van der Waals surface area contributed by atoms with Gasteiger partial charge in [0.2, 0.25) is 0 Å². The summed E-state index contributed by atoms with van der Waals surface area (Å²) in [6.07, 6.45) is 0.664. The van der Waals surface area contributed by atoms with E-state index >= 15 is 0 Å². The summed E-state index contributed by atoms with van der Waals surface area (Å²) < 4.78 is 14.5. The topological polar surface area (TPSA) is 26.0 Å². The van der Waals surface area contributed by atoms with E-state index in [9.17, 15) is 4.39 Å². The Morgan fingerprint density at radius 2 is 2.00 bits per heavy atom. The van der Waals surface area contributed by atoms with Crippen LogP contribution in [0.15, 0.2) is 40.2 Å². The first-order chi connectivity index (χ1) is 7.66. The molecule has 4 heteroatoms. The molecule has 0 aliphatic rings. The monoisotopic (exact) mass is 299 g/mol. The van der Waals surface area contributed by atoms with Crippen LogP contribution in [0.2, 0.25) is 0 Å². The zero-order valence-corrected chi connectivity index (χ0v) is 10.9.